The fourth-order valence-electron chi connectivity index (χ4n) is 1.62. The van der Waals surface area contributed by atoms with Crippen molar-refractivity contribution in [3.63, 3.8) is 0 Å². The number of unbranched alkanes of at least 4 members (excludes halogenated alkanes) is 1. The van der Waals surface area contributed by atoms with Crippen LogP contribution < -0.4 is 16.4 Å². The molecule has 0 aromatic carbocycles. The largest absolute Gasteiger partial charge is 0.354 e. The van der Waals surface area contributed by atoms with Crippen LogP contribution in [-0.4, -0.2) is 24.5 Å². The first-order chi connectivity index (χ1) is 8.41. The molecule has 0 spiro atoms. The molecule has 0 aromatic heterocycles. The second kappa shape index (κ2) is 9.74. The number of nitrogens with two attached hydrogens (primary N) is 1. The van der Waals surface area contributed by atoms with E-state index in [1.807, 2.05) is 6.92 Å². The Balaban J connectivity index is 3.49. The van der Waals surface area contributed by atoms with E-state index in [9.17, 15) is 9.59 Å². The zero-order valence-electron chi connectivity index (χ0n) is 11.8. The van der Waals surface area contributed by atoms with E-state index in [2.05, 4.69) is 24.5 Å². The Bertz CT molecular complexity index is 255. The van der Waals surface area contributed by atoms with E-state index in [0.29, 0.717) is 18.9 Å². The molecule has 5 heteroatoms. The smallest absolute Gasteiger partial charge is 0.312 e. The van der Waals surface area contributed by atoms with Gasteiger partial charge in [0.05, 0.1) is 0 Å². The average molecular weight is 257 g/mol. The Hall–Kier alpha value is -1.26. The van der Waals surface area contributed by atoms with Gasteiger partial charge in [-0.2, -0.15) is 0 Å². The maximum absolute atomic E-state index is 11.6. The van der Waals surface area contributed by atoms with E-state index in [-0.39, 0.29) is 11.9 Å². The lowest BCUT2D eigenvalue weighted by atomic mass is 10.0. The van der Waals surface area contributed by atoms with Gasteiger partial charge in [0.1, 0.15) is 0 Å². The summed E-state index contributed by atoms with van der Waals surface area (Å²) >= 11 is 0. The van der Waals surface area contributed by atoms with E-state index in [0.717, 1.165) is 25.7 Å². The van der Waals surface area contributed by atoms with Crippen molar-refractivity contribution in [2.75, 3.05) is 6.54 Å². The van der Waals surface area contributed by atoms with E-state index in [1.54, 1.807) is 0 Å². The molecule has 0 heterocycles. The molecule has 0 aliphatic heterocycles. The summed E-state index contributed by atoms with van der Waals surface area (Å²) in [5.41, 5.74) is 4.93. The van der Waals surface area contributed by atoms with Gasteiger partial charge in [-0.1, -0.05) is 13.8 Å². The van der Waals surface area contributed by atoms with Gasteiger partial charge in [-0.05, 0) is 38.5 Å². The number of nitrogens with one attached hydrogen (secondary N) is 2. The molecule has 0 aliphatic rings. The number of urea groups is 1. The Morgan fingerprint density at radius 2 is 1.78 bits per heavy atom. The summed E-state index contributed by atoms with van der Waals surface area (Å²) in [6, 6.07) is -0.273. The molecule has 4 N–H and O–H groups in total. The topological polar surface area (TPSA) is 84.2 Å². The summed E-state index contributed by atoms with van der Waals surface area (Å²) in [4.78, 5) is 22.0. The van der Waals surface area contributed by atoms with Crippen molar-refractivity contribution in [2.24, 2.45) is 11.7 Å². The van der Waals surface area contributed by atoms with Gasteiger partial charge in [0.15, 0.2) is 0 Å². The predicted octanol–water partition coefficient (Wildman–Crippen LogP) is 1.77. The van der Waals surface area contributed by atoms with Crippen LogP contribution in [0.15, 0.2) is 0 Å². The van der Waals surface area contributed by atoms with E-state index < -0.39 is 6.03 Å². The molecule has 106 valence electrons. The Morgan fingerprint density at radius 3 is 2.33 bits per heavy atom. The van der Waals surface area contributed by atoms with Crippen LogP contribution >= 0.6 is 0 Å². The quantitative estimate of drug-likeness (QED) is 0.550. The molecule has 1 atom stereocenters. The third kappa shape index (κ3) is 11.2. The first-order valence-electron chi connectivity index (χ1n) is 6.74. The molecule has 0 aliphatic carbocycles. The molecule has 0 saturated heterocycles. The number of rotatable bonds is 9. The SMILES string of the molecule is CC(C)CCC(C)NC(=O)CCCCNC(N)=O. The van der Waals surface area contributed by atoms with Crippen LogP contribution in [-0.2, 0) is 4.79 Å². The van der Waals surface area contributed by atoms with Gasteiger partial charge in [-0.3, -0.25) is 4.79 Å². The van der Waals surface area contributed by atoms with Crippen molar-refractivity contribution in [3.05, 3.63) is 0 Å². The molecular formula is C13H27N3O2. The number of hydrogen-bond acceptors (Lipinski definition) is 2. The van der Waals surface area contributed by atoms with E-state index in [1.165, 1.54) is 0 Å². The van der Waals surface area contributed by atoms with Crippen LogP contribution in [0.5, 0.6) is 0 Å². The fourth-order valence-corrected chi connectivity index (χ4v) is 1.62. The van der Waals surface area contributed by atoms with Crippen LogP contribution in [0.3, 0.4) is 0 Å². The highest BCUT2D eigenvalue weighted by atomic mass is 16.2. The lowest BCUT2D eigenvalue weighted by Crippen LogP contribution is -2.33. The highest BCUT2D eigenvalue weighted by molar-refractivity contribution is 5.76. The molecule has 18 heavy (non-hydrogen) atoms. The zero-order valence-corrected chi connectivity index (χ0v) is 11.8. The maximum Gasteiger partial charge on any atom is 0.312 e. The van der Waals surface area contributed by atoms with Gasteiger partial charge < -0.3 is 16.4 Å². The number of hydrogen-bond donors (Lipinski definition) is 3. The first-order valence-corrected chi connectivity index (χ1v) is 6.74. The maximum atomic E-state index is 11.6. The second-order valence-electron chi connectivity index (χ2n) is 5.19. The molecule has 0 fully saturated rings. The molecule has 0 bridgehead atoms. The van der Waals surface area contributed by atoms with Gasteiger partial charge in [-0.15, -0.1) is 0 Å². The van der Waals surface area contributed by atoms with Gasteiger partial charge in [0.2, 0.25) is 5.91 Å². The summed E-state index contributed by atoms with van der Waals surface area (Å²) in [6.07, 6.45) is 4.20. The highest BCUT2D eigenvalue weighted by Gasteiger charge is 2.07. The van der Waals surface area contributed by atoms with Crippen molar-refractivity contribution < 1.29 is 9.59 Å². The second-order valence-corrected chi connectivity index (χ2v) is 5.19. The van der Waals surface area contributed by atoms with Gasteiger partial charge in [0, 0.05) is 19.0 Å². The van der Waals surface area contributed by atoms with Gasteiger partial charge >= 0.3 is 6.03 Å². The molecule has 0 saturated carbocycles. The number of primary amides is 1. The number of carbonyl (C=O) groups is 2. The Kier molecular flexibility index (Phi) is 9.06. The van der Waals surface area contributed by atoms with Gasteiger partial charge in [0.25, 0.3) is 0 Å². The summed E-state index contributed by atoms with van der Waals surface area (Å²) in [6.45, 7) is 6.93. The monoisotopic (exact) mass is 257 g/mol. The summed E-state index contributed by atoms with van der Waals surface area (Å²) in [5.74, 6) is 0.759. The van der Waals surface area contributed by atoms with Crippen molar-refractivity contribution in [3.8, 4) is 0 Å². The lowest BCUT2D eigenvalue weighted by molar-refractivity contribution is -0.121. The molecule has 1 unspecified atom stereocenters. The Labute approximate surface area is 110 Å². The molecule has 0 radical (unpaired) electrons. The number of amides is 3. The van der Waals surface area contributed by atoms with Crippen molar-refractivity contribution in [2.45, 2.75) is 58.9 Å². The van der Waals surface area contributed by atoms with Crippen LogP contribution in [0.1, 0.15) is 52.9 Å². The van der Waals surface area contributed by atoms with Crippen molar-refractivity contribution >= 4 is 11.9 Å². The summed E-state index contributed by atoms with van der Waals surface area (Å²) in [5, 5.41) is 5.48. The fraction of sp³-hybridized carbons (Fsp3) is 0.846. The minimum Gasteiger partial charge on any atom is -0.354 e. The van der Waals surface area contributed by atoms with E-state index >= 15 is 0 Å². The first kappa shape index (κ1) is 16.7. The van der Waals surface area contributed by atoms with Crippen LogP contribution in [0, 0.1) is 5.92 Å². The summed E-state index contributed by atoms with van der Waals surface area (Å²) < 4.78 is 0. The van der Waals surface area contributed by atoms with Crippen molar-refractivity contribution in [1.29, 1.82) is 0 Å². The lowest BCUT2D eigenvalue weighted by Gasteiger charge is -2.15. The third-order valence-electron chi connectivity index (χ3n) is 2.71. The van der Waals surface area contributed by atoms with Crippen molar-refractivity contribution in [1.82, 2.24) is 10.6 Å². The molecule has 3 amide bonds. The standard InChI is InChI=1S/C13H27N3O2/c1-10(2)7-8-11(3)16-12(17)6-4-5-9-15-13(14)18/h10-11H,4-9H2,1-3H3,(H,16,17)(H3,14,15,18). The minimum atomic E-state index is -0.512. The Morgan fingerprint density at radius 1 is 1.11 bits per heavy atom. The average Bonchev–Trinajstić information content (AvgIpc) is 2.25. The molecule has 0 rings (SSSR count). The van der Waals surface area contributed by atoms with Crippen LogP contribution in [0.25, 0.3) is 0 Å². The van der Waals surface area contributed by atoms with Gasteiger partial charge in [-0.25, -0.2) is 4.79 Å². The third-order valence-corrected chi connectivity index (χ3v) is 2.71. The summed E-state index contributed by atoms with van der Waals surface area (Å²) in [7, 11) is 0. The normalized spacial score (nSPS) is 12.2. The number of carbonyl (C=O) groups excluding carboxylic acids is 2. The minimum absolute atomic E-state index is 0.0883. The predicted molar refractivity (Wildman–Crippen MR) is 73.1 cm³/mol. The highest BCUT2D eigenvalue weighted by Crippen LogP contribution is 2.06. The molecular weight excluding hydrogens is 230 g/mol. The zero-order chi connectivity index (χ0) is 14.0. The van der Waals surface area contributed by atoms with Crippen LogP contribution in [0.2, 0.25) is 0 Å². The molecule has 5 nitrogen and oxygen atoms in total. The van der Waals surface area contributed by atoms with E-state index in [4.69, 9.17) is 5.73 Å². The molecule has 0 aromatic rings. The van der Waals surface area contributed by atoms with Crippen LogP contribution in [0.4, 0.5) is 4.79 Å².